The summed E-state index contributed by atoms with van der Waals surface area (Å²) in [6, 6.07) is 5.61. The first-order chi connectivity index (χ1) is 14.1. The van der Waals surface area contributed by atoms with Crippen molar-refractivity contribution in [2.24, 2.45) is 10.9 Å². The maximum absolute atomic E-state index is 12.7. The van der Waals surface area contributed by atoms with Gasteiger partial charge in [-0.1, -0.05) is 17.7 Å². The zero-order chi connectivity index (χ0) is 20.6. The van der Waals surface area contributed by atoms with E-state index in [0.29, 0.717) is 37.9 Å². The van der Waals surface area contributed by atoms with Crippen LogP contribution in [0, 0.1) is 5.92 Å². The van der Waals surface area contributed by atoms with Crippen LogP contribution >= 0.6 is 11.6 Å². The second kappa shape index (κ2) is 10.7. The summed E-state index contributed by atoms with van der Waals surface area (Å²) < 4.78 is 10.8. The molecule has 0 atom stereocenters. The van der Waals surface area contributed by atoms with Gasteiger partial charge in [0.2, 0.25) is 5.91 Å². The van der Waals surface area contributed by atoms with Gasteiger partial charge in [-0.2, -0.15) is 0 Å². The first-order valence-corrected chi connectivity index (χ1v) is 10.7. The first-order valence-electron chi connectivity index (χ1n) is 10.3. The highest BCUT2D eigenvalue weighted by atomic mass is 35.5. The molecule has 0 radical (unpaired) electrons. The maximum Gasteiger partial charge on any atom is 0.225 e. The van der Waals surface area contributed by atoms with Gasteiger partial charge in [0.05, 0.1) is 26.9 Å². The number of methoxy groups -OCH3 is 1. The Bertz CT molecular complexity index is 714. The third-order valence-corrected chi connectivity index (χ3v) is 5.68. The Morgan fingerprint density at radius 3 is 2.62 bits per heavy atom. The zero-order valence-electron chi connectivity index (χ0n) is 17.3. The molecule has 2 fully saturated rings. The number of morpholine rings is 1. The molecule has 1 N–H and O–H groups in total. The number of rotatable bonds is 5. The van der Waals surface area contributed by atoms with Crippen molar-refractivity contribution in [3.05, 3.63) is 28.8 Å². The summed E-state index contributed by atoms with van der Waals surface area (Å²) in [6.45, 7) is 7.74. The number of hydrogen-bond donors (Lipinski definition) is 1. The van der Waals surface area contributed by atoms with Crippen molar-refractivity contribution in [2.75, 3.05) is 53.0 Å². The second-order valence-electron chi connectivity index (χ2n) is 7.33. The fraction of sp³-hybridized carbons (Fsp3) is 0.619. The van der Waals surface area contributed by atoms with Crippen LogP contribution in [0.2, 0.25) is 5.02 Å². The molecule has 0 aliphatic carbocycles. The lowest BCUT2D eigenvalue weighted by molar-refractivity contribution is -0.140. The highest BCUT2D eigenvalue weighted by molar-refractivity contribution is 6.30. The van der Waals surface area contributed by atoms with Gasteiger partial charge >= 0.3 is 0 Å². The molecule has 7 nitrogen and oxygen atoms in total. The molecule has 3 rings (SSSR count). The summed E-state index contributed by atoms with van der Waals surface area (Å²) >= 11 is 6.05. The molecule has 0 unspecified atom stereocenters. The minimum atomic E-state index is 0.101. The van der Waals surface area contributed by atoms with Crippen LogP contribution in [0.3, 0.4) is 0 Å². The van der Waals surface area contributed by atoms with Crippen LogP contribution in [0.15, 0.2) is 23.2 Å². The van der Waals surface area contributed by atoms with Crippen LogP contribution in [-0.2, 0) is 16.1 Å². The Morgan fingerprint density at radius 1 is 1.24 bits per heavy atom. The summed E-state index contributed by atoms with van der Waals surface area (Å²) in [5.74, 6) is 2.00. The molecule has 0 bridgehead atoms. The van der Waals surface area contributed by atoms with Gasteiger partial charge in [-0.25, -0.2) is 4.99 Å². The molecule has 1 aromatic carbocycles. The Labute approximate surface area is 178 Å². The van der Waals surface area contributed by atoms with Crippen molar-refractivity contribution in [1.82, 2.24) is 15.1 Å². The quantitative estimate of drug-likeness (QED) is 0.583. The topological polar surface area (TPSA) is 66.4 Å². The van der Waals surface area contributed by atoms with E-state index < -0.39 is 0 Å². The van der Waals surface area contributed by atoms with Crippen molar-refractivity contribution in [3.8, 4) is 5.75 Å². The van der Waals surface area contributed by atoms with Gasteiger partial charge in [0.15, 0.2) is 5.96 Å². The normalized spacial score (nSPS) is 18.7. The van der Waals surface area contributed by atoms with E-state index in [1.54, 1.807) is 7.11 Å². The Morgan fingerprint density at radius 2 is 1.97 bits per heavy atom. The molecule has 1 aromatic rings. The van der Waals surface area contributed by atoms with Crippen molar-refractivity contribution >= 4 is 23.5 Å². The molecule has 2 aliphatic heterocycles. The number of ether oxygens (including phenoxy) is 2. The molecule has 160 valence electrons. The summed E-state index contributed by atoms with van der Waals surface area (Å²) in [5, 5.41) is 4.02. The number of nitrogens with one attached hydrogen (secondary N) is 1. The number of halogens is 1. The smallest absolute Gasteiger partial charge is 0.225 e. The van der Waals surface area contributed by atoms with E-state index in [2.05, 4.69) is 17.1 Å². The number of guanidine groups is 1. The maximum atomic E-state index is 12.7. The van der Waals surface area contributed by atoms with Crippen LogP contribution in [0.4, 0.5) is 0 Å². The zero-order valence-corrected chi connectivity index (χ0v) is 18.1. The number of piperidine rings is 1. The third kappa shape index (κ3) is 5.76. The average molecular weight is 423 g/mol. The minimum Gasteiger partial charge on any atom is -0.496 e. The van der Waals surface area contributed by atoms with Crippen LogP contribution < -0.4 is 10.1 Å². The van der Waals surface area contributed by atoms with Gasteiger partial charge in [-0.05, 0) is 31.9 Å². The lowest BCUT2D eigenvalue weighted by atomic mass is 9.95. The lowest BCUT2D eigenvalue weighted by Crippen LogP contribution is -2.50. The Hall–Kier alpha value is -1.99. The van der Waals surface area contributed by atoms with E-state index in [1.807, 2.05) is 23.1 Å². The molecule has 0 spiro atoms. The highest BCUT2D eigenvalue weighted by Gasteiger charge is 2.30. The van der Waals surface area contributed by atoms with Gasteiger partial charge in [-0.15, -0.1) is 0 Å². The van der Waals surface area contributed by atoms with Crippen molar-refractivity contribution < 1.29 is 14.3 Å². The molecule has 1 amide bonds. The number of carbonyl (C=O) groups is 1. The molecular weight excluding hydrogens is 392 g/mol. The van der Waals surface area contributed by atoms with Crippen LogP contribution in [0.25, 0.3) is 0 Å². The fourth-order valence-electron chi connectivity index (χ4n) is 3.82. The standard InChI is InChI=1S/C21H31ClN4O3/c1-3-23-21(24-15-17-4-5-18(22)14-19(17)28-2)26-8-6-16(7-9-26)20(27)25-10-12-29-13-11-25/h4-5,14,16H,3,6-13,15H2,1-2H3,(H,23,24). The van der Waals surface area contributed by atoms with E-state index in [4.69, 9.17) is 26.1 Å². The molecule has 2 aliphatic rings. The van der Waals surface area contributed by atoms with Gasteiger partial charge in [0.25, 0.3) is 0 Å². The van der Waals surface area contributed by atoms with Gasteiger partial charge < -0.3 is 24.6 Å². The molecule has 8 heteroatoms. The number of aliphatic imine (C=N–C) groups is 1. The summed E-state index contributed by atoms with van der Waals surface area (Å²) in [5.41, 5.74) is 0.990. The predicted molar refractivity (Wildman–Crippen MR) is 115 cm³/mol. The van der Waals surface area contributed by atoms with Crippen molar-refractivity contribution in [3.63, 3.8) is 0 Å². The molecular formula is C21H31ClN4O3. The number of likely N-dealkylation sites (tertiary alicyclic amines) is 1. The second-order valence-corrected chi connectivity index (χ2v) is 7.76. The molecule has 2 heterocycles. The summed E-state index contributed by atoms with van der Waals surface area (Å²) in [7, 11) is 1.64. The SMILES string of the molecule is CCNC(=NCc1ccc(Cl)cc1OC)N1CCC(C(=O)N2CCOCC2)CC1. The largest absolute Gasteiger partial charge is 0.496 e. The van der Waals surface area contributed by atoms with Crippen LogP contribution in [0.5, 0.6) is 5.75 Å². The minimum absolute atomic E-state index is 0.101. The lowest BCUT2D eigenvalue weighted by Gasteiger charge is -2.36. The number of nitrogens with zero attached hydrogens (tertiary/aromatic N) is 3. The summed E-state index contributed by atoms with van der Waals surface area (Å²) in [4.78, 5) is 21.7. The molecule has 0 aromatic heterocycles. The predicted octanol–water partition coefficient (Wildman–Crippen LogP) is 2.38. The number of carbonyl (C=O) groups excluding carboxylic acids is 1. The van der Waals surface area contributed by atoms with Gasteiger partial charge in [0, 0.05) is 49.2 Å². The Balaban J connectivity index is 1.60. The van der Waals surface area contributed by atoms with Gasteiger partial charge in [0.1, 0.15) is 5.75 Å². The highest BCUT2D eigenvalue weighted by Crippen LogP contribution is 2.24. The van der Waals surface area contributed by atoms with E-state index >= 15 is 0 Å². The average Bonchev–Trinajstić information content (AvgIpc) is 2.77. The van der Waals surface area contributed by atoms with E-state index in [9.17, 15) is 4.79 Å². The fourth-order valence-corrected chi connectivity index (χ4v) is 3.98. The van der Waals surface area contributed by atoms with Crippen LogP contribution in [-0.4, -0.2) is 74.7 Å². The third-order valence-electron chi connectivity index (χ3n) is 5.45. The van der Waals surface area contributed by atoms with E-state index in [-0.39, 0.29) is 11.8 Å². The van der Waals surface area contributed by atoms with Crippen molar-refractivity contribution in [2.45, 2.75) is 26.3 Å². The number of benzene rings is 1. The van der Waals surface area contributed by atoms with E-state index in [1.165, 1.54) is 0 Å². The van der Waals surface area contributed by atoms with Crippen molar-refractivity contribution in [1.29, 1.82) is 0 Å². The van der Waals surface area contributed by atoms with Crippen LogP contribution in [0.1, 0.15) is 25.3 Å². The Kier molecular flexibility index (Phi) is 8.00. The van der Waals surface area contributed by atoms with Gasteiger partial charge in [-0.3, -0.25) is 4.79 Å². The molecule has 2 saturated heterocycles. The first kappa shape index (κ1) is 21.7. The number of amides is 1. The number of hydrogen-bond acceptors (Lipinski definition) is 4. The summed E-state index contributed by atoms with van der Waals surface area (Å²) in [6.07, 6.45) is 1.70. The molecule has 0 saturated carbocycles. The van der Waals surface area contributed by atoms with E-state index in [0.717, 1.165) is 49.7 Å². The monoisotopic (exact) mass is 422 g/mol. The molecule has 29 heavy (non-hydrogen) atoms.